The van der Waals surface area contributed by atoms with Crippen LogP contribution in [0.3, 0.4) is 0 Å². The molecule has 0 amide bonds. The molecular formula is C14H17BN4. The number of piperazine rings is 1. The molecule has 1 N–H and O–H groups in total. The van der Waals surface area contributed by atoms with Crippen LogP contribution >= 0.6 is 0 Å². The molecule has 2 heterocycles. The Morgan fingerprint density at radius 1 is 1.53 bits per heavy atom. The highest BCUT2D eigenvalue weighted by atomic mass is 15.2. The molecule has 1 aromatic heterocycles. The van der Waals surface area contributed by atoms with Crippen molar-refractivity contribution in [2.45, 2.75) is 31.7 Å². The lowest BCUT2D eigenvalue weighted by molar-refractivity contribution is 0.482. The Kier molecular flexibility index (Phi) is 3.20. The molecule has 0 bridgehead atoms. The van der Waals surface area contributed by atoms with Gasteiger partial charge in [-0.05, 0) is 25.8 Å². The van der Waals surface area contributed by atoms with Gasteiger partial charge in [-0.15, -0.1) is 0 Å². The van der Waals surface area contributed by atoms with Gasteiger partial charge in [0.25, 0.3) is 0 Å². The van der Waals surface area contributed by atoms with Crippen molar-refractivity contribution in [1.29, 1.82) is 5.26 Å². The van der Waals surface area contributed by atoms with Crippen molar-refractivity contribution in [3.05, 3.63) is 17.3 Å². The Bertz CT molecular complexity index is 533. The third kappa shape index (κ3) is 2.45. The van der Waals surface area contributed by atoms with E-state index in [-0.39, 0.29) is 0 Å². The highest BCUT2D eigenvalue weighted by Crippen LogP contribution is 2.39. The largest absolute Gasteiger partial charge is 0.353 e. The molecule has 1 unspecified atom stereocenters. The van der Waals surface area contributed by atoms with E-state index in [0.717, 1.165) is 31.1 Å². The first kappa shape index (κ1) is 12.5. The van der Waals surface area contributed by atoms with E-state index in [4.69, 9.17) is 12.8 Å². The topological polar surface area (TPSA) is 52.0 Å². The van der Waals surface area contributed by atoms with Crippen LogP contribution in [-0.2, 0) is 0 Å². The van der Waals surface area contributed by atoms with Crippen LogP contribution in [0.25, 0.3) is 0 Å². The molecule has 1 aromatic rings. The minimum Gasteiger partial charge on any atom is -0.353 e. The highest BCUT2D eigenvalue weighted by molar-refractivity contribution is 6.33. The standard InChI is InChI=1S/C14H17BN4/c1-9-8-19(5-4-17-9)14-11(7-16)6-12(15)13(18-14)10-2-3-10/h6,9-10,17H,2-5,8H2,1H3. The van der Waals surface area contributed by atoms with Crippen molar-refractivity contribution in [3.8, 4) is 6.07 Å². The van der Waals surface area contributed by atoms with Gasteiger partial charge in [-0.2, -0.15) is 5.26 Å². The van der Waals surface area contributed by atoms with Gasteiger partial charge in [-0.1, -0.05) is 5.46 Å². The highest BCUT2D eigenvalue weighted by Gasteiger charge is 2.29. The van der Waals surface area contributed by atoms with Crippen molar-refractivity contribution in [3.63, 3.8) is 0 Å². The number of pyridine rings is 1. The number of nitrogens with zero attached hydrogens (tertiary/aromatic N) is 3. The van der Waals surface area contributed by atoms with Gasteiger partial charge < -0.3 is 10.2 Å². The van der Waals surface area contributed by atoms with E-state index in [1.807, 2.05) is 0 Å². The van der Waals surface area contributed by atoms with Gasteiger partial charge >= 0.3 is 0 Å². The first-order valence-corrected chi connectivity index (χ1v) is 6.88. The Morgan fingerprint density at radius 3 is 2.95 bits per heavy atom. The van der Waals surface area contributed by atoms with E-state index in [9.17, 15) is 5.26 Å². The molecule has 1 atom stereocenters. The molecule has 1 aliphatic heterocycles. The maximum Gasteiger partial charge on any atom is 0.146 e. The number of hydrogen-bond donors (Lipinski definition) is 1. The maximum atomic E-state index is 9.30. The van der Waals surface area contributed by atoms with Crippen LogP contribution in [0.4, 0.5) is 5.82 Å². The Labute approximate surface area is 115 Å². The summed E-state index contributed by atoms with van der Waals surface area (Å²) >= 11 is 0. The van der Waals surface area contributed by atoms with E-state index >= 15 is 0 Å². The summed E-state index contributed by atoms with van der Waals surface area (Å²) in [6, 6.07) is 4.45. The summed E-state index contributed by atoms with van der Waals surface area (Å²) in [7, 11) is 6.02. The van der Waals surface area contributed by atoms with Crippen LogP contribution in [0.5, 0.6) is 0 Å². The Morgan fingerprint density at radius 2 is 2.32 bits per heavy atom. The smallest absolute Gasteiger partial charge is 0.146 e. The minimum absolute atomic E-state index is 0.420. The molecule has 0 aromatic carbocycles. The molecular weight excluding hydrogens is 235 g/mol. The van der Waals surface area contributed by atoms with Gasteiger partial charge in [0.1, 0.15) is 19.7 Å². The van der Waals surface area contributed by atoms with Crippen molar-refractivity contribution < 1.29 is 0 Å². The number of nitriles is 1. The third-order valence-electron chi connectivity index (χ3n) is 3.82. The lowest BCUT2D eigenvalue weighted by Gasteiger charge is -2.33. The van der Waals surface area contributed by atoms with E-state index in [1.165, 1.54) is 12.8 Å². The van der Waals surface area contributed by atoms with Gasteiger partial charge in [0, 0.05) is 37.3 Å². The molecule has 19 heavy (non-hydrogen) atoms. The fourth-order valence-electron chi connectivity index (χ4n) is 2.66. The van der Waals surface area contributed by atoms with E-state index < -0.39 is 0 Å². The number of nitrogens with one attached hydrogen (secondary N) is 1. The van der Waals surface area contributed by atoms with Crippen LogP contribution in [0.1, 0.15) is 36.9 Å². The summed E-state index contributed by atoms with van der Waals surface area (Å²) in [5.74, 6) is 1.32. The predicted octanol–water partition coefficient (Wildman–Crippen LogP) is 0.423. The second-order valence-electron chi connectivity index (χ2n) is 5.52. The molecule has 1 saturated carbocycles. The fraction of sp³-hybridized carbons (Fsp3) is 0.571. The summed E-state index contributed by atoms with van der Waals surface area (Å²) in [4.78, 5) is 6.91. The number of aromatic nitrogens is 1. The monoisotopic (exact) mass is 252 g/mol. The molecule has 2 fully saturated rings. The summed E-state index contributed by atoms with van der Waals surface area (Å²) in [5.41, 5.74) is 2.25. The van der Waals surface area contributed by atoms with Crippen LogP contribution in [0, 0.1) is 11.3 Å². The average molecular weight is 252 g/mol. The van der Waals surface area contributed by atoms with Gasteiger partial charge in [-0.25, -0.2) is 4.98 Å². The summed E-state index contributed by atoms with van der Waals surface area (Å²) in [6.07, 6.45) is 2.33. The van der Waals surface area contributed by atoms with Crippen molar-refractivity contribution >= 4 is 19.1 Å². The molecule has 2 radical (unpaired) electrons. The second kappa shape index (κ2) is 4.86. The Balaban J connectivity index is 1.98. The van der Waals surface area contributed by atoms with Crippen molar-refractivity contribution in [2.75, 3.05) is 24.5 Å². The fourth-order valence-corrected chi connectivity index (χ4v) is 2.66. The van der Waals surface area contributed by atoms with E-state index in [0.29, 0.717) is 23.0 Å². The molecule has 3 rings (SSSR count). The maximum absolute atomic E-state index is 9.30. The molecule has 5 heteroatoms. The first-order chi connectivity index (χ1) is 9.19. The summed E-state index contributed by atoms with van der Waals surface area (Å²) in [5, 5.41) is 12.7. The lowest BCUT2D eigenvalue weighted by Crippen LogP contribution is -2.50. The summed E-state index contributed by atoms with van der Waals surface area (Å²) < 4.78 is 0. The molecule has 2 aliphatic rings. The SMILES string of the molecule is [B]c1cc(C#N)c(N2CCNC(C)C2)nc1C1CC1. The van der Waals surface area contributed by atoms with Crippen LogP contribution in [-0.4, -0.2) is 38.5 Å². The zero-order chi connectivity index (χ0) is 13.4. The van der Waals surface area contributed by atoms with Gasteiger partial charge in [0.05, 0.1) is 5.56 Å². The zero-order valence-electron chi connectivity index (χ0n) is 11.2. The quantitative estimate of drug-likeness (QED) is 0.775. The summed E-state index contributed by atoms with van der Waals surface area (Å²) in [6.45, 7) is 4.85. The van der Waals surface area contributed by atoms with E-state index in [1.54, 1.807) is 6.07 Å². The van der Waals surface area contributed by atoms with Gasteiger partial charge in [-0.3, -0.25) is 0 Å². The van der Waals surface area contributed by atoms with Crippen LogP contribution in [0.2, 0.25) is 0 Å². The number of hydrogen-bond acceptors (Lipinski definition) is 4. The predicted molar refractivity (Wildman–Crippen MR) is 76.0 cm³/mol. The average Bonchev–Trinajstić information content (AvgIpc) is 3.22. The molecule has 0 spiro atoms. The molecule has 96 valence electrons. The van der Waals surface area contributed by atoms with E-state index in [2.05, 4.69) is 23.2 Å². The van der Waals surface area contributed by atoms with Crippen molar-refractivity contribution in [1.82, 2.24) is 10.3 Å². The number of anilines is 1. The van der Waals surface area contributed by atoms with Crippen molar-refractivity contribution in [2.24, 2.45) is 0 Å². The van der Waals surface area contributed by atoms with Gasteiger partial charge in [0.15, 0.2) is 0 Å². The lowest BCUT2D eigenvalue weighted by atomic mass is 9.90. The van der Waals surface area contributed by atoms with Gasteiger partial charge in [0.2, 0.25) is 0 Å². The Hall–Kier alpha value is -1.54. The first-order valence-electron chi connectivity index (χ1n) is 6.88. The van der Waals surface area contributed by atoms with Crippen LogP contribution < -0.4 is 15.7 Å². The second-order valence-corrected chi connectivity index (χ2v) is 5.52. The van der Waals surface area contributed by atoms with Crippen LogP contribution in [0.15, 0.2) is 6.07 Å². The molecule has 4 nitrogen and oxygen atoms in total. The minimum atomic E-state index is 0.420. The molecule has 1 aliphatic carbocycles. The molecule has 1 saturated heterocycles. The third-order valence-corrected chi connectivity index (χ3v) is 3.82. The normalized spacial score (nSPS) is 23.2. The number of rotatable bonds is 2. The zero-order valence-corrected chi connectivity index (χ0v) is 11.2.